The minimum absolute atomic E-state index is 0.485. The van der Waals surface area contributed by atoms with Crippen molar-refractivity contribution in [3.63, 3.8) is 0 Å². The number of hydrogen-bond acceptors (Lipinski definition) is 2. The molecule has 2 heteroatoms. The van der Waals surface area contributed by atoms with Gasteiger partial charge in [-0.15, -0.1) is 0 Å². The number of hydrogen-bond donors (Lipinski definition) is 1. The van der Waals surface area contributed by atoms with Crippen LogP contribution in [0.2, 0.25) is 0 Å². The Kier molecular flexibility index (Phi) is 2.46. The van der Waals surface area contributed by atoms with Crippen LogP contribution in [0.1, 0.15) is 29.0 Å². The molecule has 0 amide bonds. The Morgan fingerprint density at radius 1 is 1.36 bits per heavy atom. The summed E-state index contributed by atoms with van der Waals surface area (Å²) in [6, 6.07) is 4.28. The van der Waals surface area contributed by atoms with Gasteiger partial charge < -0.3 is 10.5 Å². The third-order valence-corrected chi connectivity index (χ3v) is 3.02. The van der Waals surface area contributed by atoms with Crippen LogP contribution >= 0.6 is 0 Å². The van der Waals surface area contributed by atoms with Crippen LogP contribution in [-0.2, 0) is 0 Å². The van der Waals surface area contributed by atoms with Gasteiger partial charge in [-0.05, 0) is 37.9 Å². The number of ether oxygens (including phenoxy) is 1. The van der Waals surface area contributed by atoms with Gasteiger partial charge in [-0.2, -0.15) is 0 Å². The standard InChI is InChI=1S/C12H17NO/c1-8-3-4-9(2)12-11(8)10(7-13)5-6-14-12/h3-4,10H,5-7,13H2,1-2H3. The second-order valence-electron chi connectivity index (χ2n) is 4.01. The largest absolute Gasteiger partial charge is 0.493 e. The summed E-state index contributed by atoms with van der Waals surface area (Å²) in [7, 11) is 0. The first kappa shape index (κ1) is 9.53. The fourth-order valence-electron chi connectivity index (χ4n) is 2.19. The van der Waals surface area contributed by atoms with Gasteiger partial charge in [0.05, 0.1) is 6.61 Å². The highest BCUT2D eigenvalue weighted by Crippen LogP contribution is 2.37. The van der Waals surface area contributed by atoms with E-state index in [1.54, 1.807) is 0 Å². The first-order chi connectivity index (χ1) is 6.74. The molecule has 0 saturated heterocycles. The van der Waals surface area contributed by atoms with E-state index in [4.69, 9.17) is 10.5 Å². The van der Waals surface area contributed by atoms with E-state index in [-0.39, 0.29) is 0 Å². The molecule has 76 valence electrons. The maximum absolute atomic E-state index is 5.78. The van der Waals surface area contributed by atoms with Crippen molar-refractivity contribution >= 4 is 0 Å². The van der Waals surface area contributed by atoms with Gasteiger partial charge in [0, 0.05) is 11.5 Å². The van der Waals surface area contributed by atoms with Crippen LogP contribution in [0.3, 0.4) is 0 Å². The van der Waals surface area contributed by atoms with Gasteiger partial charge in [-0.25, -0.2) is 0 Å². The molecule has 0 radical (unpaired) electrons. The van der Waals surface area contributed by atoms with Crippen LogP contribution in [0.15, 0.2) is 12.1 Å². The SMILES string of the molecule is Cc1ccc(C)c2c1OCCC2CN. The normalized spacial score (nSPS) is 20.1. The molecule has 1 atom stereocenters. The Bertz CT molecular complexity index is 346. The van der Waals surface area contributed by atoms with Crippen LogP contribution in [0.4, 0.5) is 0 Å². The molecule has 0 aromatic heterocycles. The summed E-state index contributed by atoms with van der Waals surface area (Å²) < 4.78 is 5.71. The second kappa shape index (κ2) is 3.62. The number of fused-ring (bicyclic) bond motifs is 1. The molecular weight excluding hydrogens is 174 g/mol. The Morgan fingerprint density at radius 2 is 2.07 bits per heavy atom. The summed E-state index contributed by atoms with van der Waals surface area (Å²) in [5.41, 5.74) is 9.65. The molecule has 2 nitrogen and oxygen atoms in total. The molecule has 0 saturated carbocycles. The van der Waals surface area contributed by atoms with Gasteiger partial charge in [-0.3, -0.25) is 0 Å². The quantitative estimate of drug-likeness (QED) is 0.738. The van der Waals surface area contributed by atoms with Gasteiger partial charge in [0.25, 0.3) is 0 Å². The second-order valence-corrected chi connectivity index (χ2v) is 4.01. The fraction of sp³-hybridized carbons (Fsp3) is 0.500. The summed E-state index contributed by atoms with van der Waals surface area (Å²) >= 11 is 0. The van der Waals surface area contributed by atoms with Crippen molar-refractivity contribution < 1.29 is 4.74 Å². The average molecular weight is 191 g/mol. The number of nitrogens with two attached hydrogens (primary N) is 1. The predicted octanol–water partition coefficient (Wildman–Crippen LogP) is 2.13. The Labute approximate surface area is 85.1 Å². The molecular formula is C12H17NO. The summed E-state index contributed by atoms with van der Waals surface area (Å²) in [5, 5.41) is 0. The minimum Gasteiger partial charge on any atom is -0.493 e. The average Bonchev–Trinajstić information content (AvgIpc) is 2.23. The molecule has 1 aromatic carbocycles. The molecule has 0 spiro atoms. The number of rotatable bonds is 1. The molecule has 1 aliphatic heterocycles. The molecule has 1 unspecified atom stereocenters. The molecule has 2 rings (SSSR count). The van der Waals surface area contributed by atoms with Crippen molar-refractivity contribution in [1.82, 2.24) is 0 Å². The molecule has 2 N–H and O–H groups in total. The van der Waals surface area contributed by atoms with E-state index >= 15 is 0 Å². The lowest BCUT2D eigenvalue weighted by Gasteiger charge is -2.27. The summed E-state index contributed by atoms with van der Waals surface area (Å²) in [5.74, 6) is 1.56. The van der Waals surface area contributed by atoms with Gasteiger partial charge >= 0.3 is 0 Å². The first-order valence-electron chi connectivity index (χ1n) is 5.17. The van der Waals surface area contributed by atoms with E-state index in [0.717, 1.165) is 25.3 Å². The fourth-order valence-corrected chi connectivity index (χ4v) is 2.19. The maximum Gasteiger partial charge on any atom is 0.125 e. The van der Waals surface area contributed by atoms with Crippen molar-refractivity contribution in [1.29, 1.82) is 0 Å². The van der Waals surface area contributed by atoms with Gasteiger partial charge in [-0.1, -0.05) is 12.1 Å². The molecule has 1 heterocycles. The minimum atomic E-state index is 0.485. The van der Waals surface area contributed by atoms with E-state index in [9.17, 15) is 0 Å². The Morgan fingerprint density at radius 3 is 2.79 bits per heavy atom. The smallest absolute Gasteiger partial charge is 0.125 e. The van der Waals surface area contributed by atoms with E-state index in [1.165, 1.54) is 16.7 Å². The molecule has 0 aliphatic carbocycles. The lowest BCUT2D eigenvalue weighted by atomic mass is 9.88. The van der Waals surface area contributed by atoms with Gasteiger partial charge in [0.2, 0.25) is 0 Å². The molecule has 0 fully saturated rings. The maximum atomic E-state index is 5.78. The molecule has 0 bridgehead atoms. The van der Waals surface area contributed by atoms with Crippen molar-refractivity contribution in [3.05, 3.63) is 28.8 Å². The van der Waals surface area contributed by atoms with Crippen molar-refractivity contribution in [2.45, 2.75) is 26.2 Å². The monoisotopic (exact) mass is 191 g/mol. The van der Waals surface area contributed by atoms with Gasteiger partial charge in [0.15, 0.2) is 0 Å². The van der Waals surface area contributed by atoms with E-state index < -0.39 is 0 Å². The van der Waals surface area contributed by atoms with E-state index in [2.05, 4.69) is 26.0 Å². The Hall–Kier alpha value is -1.02. The van der Waals surface area contributed by atoms with Crippen LogP contribution in [0, 0.1) is 13.8 Å². The zero-order chi connectivity index (χ0) is 10.1. The lowest BCUT2D eigenvalue weighted by Crippen LogP contribution is -2.22. The highest BCUT2D eigenvalue weighted by molar-refractivity contribution is 5.48. The molecule has 1 aromatic rings. The van der Waals surface area contributed by atoms with Crippen molar-refractivity contribution in [2.24, 2.45) is 5.73 Å². The van der Waals surface area contributed by atoms with Crippen LogP contribution in [0.5, 0.6) is 5.75 Å². The van der Waals surface area contributed by atoms with Crippen molar-refractivity contribution in [2.75, 3.05) is 13.2 Å². The Balaban J connectivity index is 2.55. The lowest BCUT2D eigenvalue weighted by molar-refractivity contribution is 0.266. The first-order valence-corrected chi connectivity index (χ1v) is 5.17. The zero-order valence-electron chi connectivity index (χ0n) is 8.84. The van der Waals surface area contributed by atoms with Gasteiger partial charge in [0.1, 0.15) is 5.75 Å². The summed E-state index contributed by atoms with van der Waals surface area (Å²) in [6.45, 7) is 5.76. The predicted molar refractivity (Wildman–Crippen MR) is 57.8 cm³/mol. The number of benzene rings is 1. The highest BCUT2D eigenvalue weighted by atomic mass is 16.5. The topological polar surface area (TPSA) is 35.2 Å². The summed E-state index contributed by atoms with van der Waals surface area (Å²) in [6.07, 6.45) is 1.05. The van der Waals surface area contributed by atoms with E-state index in [0.29, 0.717) is 5.92 Å². The molecule has 1 aliphatic rings. The van der Waals surface area contributed by atoms with Crippen molar-refractivity contribution in [3.8, 4) is 5.75 Å². The third-order valence-electron chi connectivity index (χ3n) is 3.02. The van der Waals surface area contributed by atoms with E-state index in [1.807, 2.05) is 0 Å². The van der Waals surface area contributed by atoms with Crippen LogP contribution in [-0.4, -0.2) is 13.2 Å². The number of aryl methyl sites for hydroxylation is 2. The van der Waals surface area contributed by atoms with Crippen LogP contribution < -0.4 is 10.5 Å². The molecule has 14 heavy (non-hydrogen) atoms. The summed E-state index contributed by atoms with van der Waals surface area (Å²) in [4.78, 5) is 0. The zero-order valence-corrected chi connectivity index (χ0v) is 8.84. The van der Waals surface area contributed by atoms with Crippen LogP contribution in [0.25, 0.3) is 0 Å². The highest BCUT2D eigenvalue weighted by Gasteiger charge is 2.23. The third kappa shape index (κ3) is 1.40.